The number of anilines is 3. The third-order valence-electron chi connectivity index (χ3n) is 3.58. The first-order valence-corrected chi connectivity index (χ1v) is 9.55. The molecule has 0 atom stereocenters. The second-order valence-electron chi connectivity index (χ2n) is 5.55. The van der Waals surface area contributed by atoms with E-state index in [1.807, 2.05) is 6.92 Å². The summed E-state index contributed by atoms with van der Waals surface area (Å²) in [4.78, 5) is 23.1. The zero-order valence-electron chi connectivity index (χ0n) is 13.1. The van der Waals surface area contributed by atoms with Crippen molar-refractivity contribution in [2.24, 2.45) is 0 Å². The van der Waals surface area contributed by atoms with E-state index in [0.717, 1.165) is 10.0 Å². The van der Waals surface area contributed by atoms with Crippen LogP contribution in [-0.4, -0.2) is 20.2 Å². The second-order valence-corrected chi connectivity index (χ2v) is 8.09. The van der Waals surface area contributed by atoms with Crippen LogP contribution < -0.4 is 15.4 Å². The Morgan fingerprint density at radius 1 is 1.00 bits per heavy atom. The Labute approximate surface area is 153 Å². The molecule has 0 aromatic heterocycles. The van der Waals surface area contributed by atoms with Crippen LogP contribution in [0.1, 0.15) is 12.0 Å². The highest BCUT2D eigenvalue weighted by atomic mass is 79.9. The molecule has 25 heavy (non-hydrogen) atoms. The standard InChI is InChI=1S/C16H14BrN3O4S/c1-9-6-10(2-4-12(9)17)20-25(23,24)11-3-5-13-14(7-11)19-16(22)8-15(21)18-13/h2-7,20H,8H2,1H3,(H,18,21)(H,19,22). The molecule has 0 spiro atoms. The van der Waals surface area contributed by atoms with Crippen molar-refractivity contribution in [3.05, 3.63) is 46.4 Å². The molecule has 2 aromatic carbocycles. The number of carbonyl (C=O) groups excluding carboxylic acids is 2. The van der Waals surface area contributed by atoms with E-state index in [2.05, 4.69) is 31.3 Å². The van der Waals surface area contributed by atoms with E-state index in [1.165, 1.54) is 18.2 Å². The first-order chi connectivity index (χ1) is 11.7. The summed E-state index contributed by atoms with van der Waals surface area (Å²) < 4.78 is 28.6. The van der Waals surface area contributed by atoms with Gasteiger partial charge in [-0.1, -0.05) is 15.9 Å². The summed E-state index contributed by atoms with van der Waals surface area (Å²) in [6.45, 7) is 1.85. The molecular weight excluding hydrogens is 410 g/mol. The number of halogens is 1. The maximum absolute atomic E-state index is 12.6. The highest BCUT2D eigenvalue weighted by Crippen LogP contribution is 2.29. The van der Waals surface area contributed by atoms with Gasteiger partial charge in [-0.05, 0) is 48.9 Å². The fourth-order valence-corrected chi connectivity index (χ4v) is 3.68. The van der Waals surface area contributed by atoms with Gasteiger partial charge in [-0.15, -0.1) is 0 Å². The van der Waals surface area contributed by atoms with Gasteiger partial charge in [-0.25, -0.2) is 8.42 Å². The molecule has 9 heteroatoms. The van der Waals surface area contributed by atoms with Crippen LogP contribution in [0.15, 0.2) is 45.8 Å². The molecule has 3 N–H and O–H groups in total. The van der Waals surface area contributed by atoms with Crippen molar-refractivity contribution < 1.29 is 18.0 Å². The first kappa shape index (κ1) is 17.4. The molecule has 7 nitrogen and oxygen atoms in total. The van der Waals surface area contributed by atoms with Crippen molar-refractivity contribution in [1.29, 1.82) is 0 Å². The zero-order valence-corrected chi connectivity index (χ0v) is 15.5. The Hall–Kier alpha value is -2.39. The zero-order chi connectivity index (χ0) is 18.2. The van der Waals surface area contributed by atoms with Crippen molar-refractivity contribution in [3.8, 4) is 0 Å². The number of benzene rings is 2. The van der Waals surface area contributed by atoms with Crippen LogP contribution >= 0.6 is 15.9 Å². The molecular formula is C16H14BrN3O4S. The van der Waals surface area contributed by atoms with Crippen molar-refractivity contribution in [3.63, 3.8) is 0 Å². The molecule has 0 radical (unpaired) electrons. The number of aryl methyl sites for hydroxylation is 1. The lowest BCUT2D eigenvalue weighted by molar-refractivity contribution is -0.123. The summed E-state index contributed by atoms with van der Waals surface area (Å²) in [7, 11) is -3.85. The molecule has 2 aromatic rings. The summed E-state index contributed by atoms with van der Waals surface area (Å²) in [6, 6.07) is 9.21. The Morgan fingerprint density at radius 2 is 1.68 bits per heavy atom. The Kier molecular flexibility index (Phi) is 4.53. The van der Waals surface area contributed by atoms with Gasteiger partial charge in [0.2, 0.25) is 11.8 Å². The van der Waals surface area contributed by atoms with Gasteiger partial charge in [0, 0.05) is 10.2 Å². The molecule has 2 amide bonds. The Balaban J connectivity index is 1.94. The van der Waals surface area contributed by atoms with Crippen LogP contribution in [0.4, 0.5) is 17.1 Å². The number of rotatable bonds is 3. The fraction of sp³-hybridized carbons (Fsp3) is 0.125. The molecule has 1 heterocycles. The van der Waals surface area contributed by atoms with Crippen LogP contribution in [0.5, 0.6) is 0 Å². The highest BCUT2D eigenvalue weighted by molar-refractivity contribution is 9.10. The number of sulfonamides is 1. The van der Waals surface area contributed by atoms with Gasteiger partial charge in [-0.3, -0.25) is 14.3 Å². The van der Waals surface area contributed by atoms with Crippen LogP contribution in [0.2, 0.25) is 0 Å². The number of amides is 2. The largest absolute Gasteiger partial charge is 0.324 e. The minimum absolute atomic E-state index is 0.0247. The van der Waals surface area contributed by atoms with Gasteiger partial charge in [0.25, 0.3) is 10.0 Å². The molecule has 0 aliphatic carbocycles. The molecule has 0 saturated heterocycles. The summed E-state index contributed by atoms with van der Waals surface area (Å²) in [6.07, 6.45) is -0.312. The van der Waals surface area contributed by atoms with E-state index in [1.54, 1.807) is 18.2 Å². The molecule has 1 aliphatic rings. The number of hydrogen-bond donors (Lipinski definition) is 3. The van der Waals surface area contributed by atoms with Crippen LogP contribution in [0, 0.1) is 6.92 Å². The van der Waals surface area contributed by atoms with E-state index < -0.39 is 21.8 Å². The molecule has 0 unspecified atom stereocenters. The van der Waals surface area contributed by atoms with Gasteiger partial charge >= 0.3 is 0 Å². The number of fused-ring (bicyclic) bond motifs is 1. The van der Waals surface area contributed by atoms with Crippen LogP contribution in [0.3, 0.4) is 0 Å². The SMILES string of the molecule is Cc1cc(NS(=O)(=O)c2ccc3c(c2)NC(=O)CC(=O)N3)ccc1Br. The minimum atomic E-state index is -3.85. The topological polar surface area (TPSA) is 104 Å². The van der Waals surface area contributed by atoms with Gasteiger partial charge in [0.15, 0.2) is 0 Å². The highest BCUT2D eigenvalue weighted by Gasteiger charge is 2.22. The van der Waals surface area contributed by atoms with Gasteiger partial charge in [-0.2, -0.15) is 0 Å². The molecule has 130 valence electrons. The van der Waals surface area contributed by atoms with Crippen LogP contribution in [0.25, 0.3) is 0 Å². The van der Waals surface area contributed by atoms with Crippen molar-refractivity contribution in [2.75, 3.05) is 15.4 Å². The molecule has 0 bridgehead atoms. The maximum atomic E-state index is 12.6. The van der Waals surface area contributed by atoms with Gasteiger partial charge < -0.3 is 10.6 Å². The summed E-state index contributed by atoms with van der Waals surface area (Å²) in [5.74, 6) is -0.947. The average molecular weight is 424 g/mol. The molecule has 3 rings (SSSR count). The monoisotopic (exact) mass is 423 g/mol. The average Bonchev–Trinajstić information content (AvgIpc) is 2.66. The maximum Gasteiger partial charge on any atom is 0.261 e. The summed E-state index contributed by atoms with van der Waals surface area (Å²) >= 11 is 3.36. The molecule has 0 fully saturated rings. The van der Waals surface area contributed by atoms with Crippen LogP contribution in [-0.2, 0) is 19.6 Å². The van der Waals surface area contributed by atoms with E-state index in [-0.39, 0.29) is 17.0 Å². The Morgan fingerprint density at radius 3 is 2.36 bits per heavy atom. The third kappa shape index (κ3) is 3.83. The number of hydrogen-bond acceptors (Lipinski definition) is 4. The number of carbonyl (C=O) groups is 2. The minimum Gasteiger partial charge on any atom is -0.324 e. The van der Waals surface area contributed by atoms with Crippen molar-refractivity contribution in [1.82, 2.24) is 0 Å². The van der Waals surface area contributed by atoms with E-state index in [0.29, 0.717) is 11.4 Å². The molecule has 0 saturated carbocycles. The van der Waals surface area contributed by atoms with Crippen molar-refractivity contribution >= 4 is 54.8 Å². The third-order valence-corrected chi connectivity index (χ3v) is 5.85. The number of nitrogens with one attached hydrogen (secondary N) is 3. The molecule has 1 aliphatic heterocycles. The van der Waals surface area contributed by atoms with Gasteiger partial charge in [0.05, 0.1) is 16.3 Å². The lowest BCUT2D eigenvalue weighted by atomic mass is 10.2. The lowest BCUT2D eigenvalue weighted by Crippen LogP contribution is -2.16. The quantitative estimate of drug-likeness (QED) is 0.659. The van der Waals surface area contributed by atoms with E-state index in [9.17, 15) is 18.0 Å². The first-order valence-electron chi connectivity index (χ1n) is 7.27. The lowest BCUT2D eigenvalue weighted by Gasteiger charge is -2.12. The van der Waals surface area contributed by atoms with E-state index in [4.69, 9.17) is 0 Å². The Bertz CT molecular complexity index is 989. The predicted molar refractivity (Wildman–Crippen MR) is 98.0 cm³/mol. The fourth-order valence-electron chi connectivity index (χ4n) is 2.36. The second kappa shape index (κ2) is 6.49. The predicted octanol–water partition coefficient (Wildman–Crippen LogP) is 2.84. The van der Waals surface area contributed by atoms with Gasteiger partial charge in [0.1, 0.15) is 6.42 Å². The van der Waals surface area contributed by atoms with Crippen molar-refractivity contribution in [2.45, 2.75) is 18.2 Å². The summed E-state index contributed by atoms with van der Waals surface area (Å²) in [5.41, 5.74) is 1.91. The smallest absolute Gasteiger partial charge is 0.261 e. The normalized spacial score (nSPS) is 14.2. The summed E-state index contributed by atoms with van der Waals surface area (Å²) in [5, 5.41) is 5.08. The van der Waals surface area contributed by atoms with E-state index >= 15 is 0 Å².